The predicted molar refractivity (Wildman–Crippen MR) is 112 cm³/mol. The van der Waals surface area contributed by atoms with E-state index in [0.717, 1.165) is 35.0 Å². The van der Waals surface area contributed by atoms with Crippen molar-refractivity contribution in [2.45, 2.75) is 19.0 Å². The summed E-state index contributed by atoms with van der Waals surface area (Å²) in [5, 5.41) is 3.06. The molecule has 28 heavy (non-hydrogen) atoms. The van der Waals surface area contributed by atoms with E-state index in [9.17, 15) is 4.79 Å². The van der Waals surface area contributed by atoms with Crippen molar-refractivity contribution < 1.29 is 9.53 Å². The number of hydrogen-bond acceptors (Lipinski definition) is 4. The number of hydrogen-bond donors (Lipinski definition) is 2. The number of aromatic amines is 1. The zero-order valence-corrected chi connectivity index (χ0v) is 17.5. The number of H-pyrrole nitrogens is 1. The molecular weight excluding hydrogens is 420 g/mol. The van der Waals surface area contributed by atoms with Crippen LogP contribution in [0.4, 0.5) is 0 Å². The Morgan fingerprint density at radius 1 is 1.32 bits per heavy atom. The Morgan fingerprint density at radius 3 is 3.00 bits per heavy atom. The van der Waals surface area contributed by atoms with Gasteiger partial charge in [-0.25, -0.2) is 4.98 Å². The molecule has 1 aromatic heterocycles. The second-order valence-corrected chi connectivity index (χ2v) is 8.15. The number of benzene rings is 2. The highest BCUT2D eigenvalue weighted by Gasteiger charge is 2.21. The summed E-state index contributed by atoms with van der Waals surface area (Å²) in [5.74, 6) is 0.563. The largest absolute Gasteiger partial charge is 0.382 e. The van der Waals surface area contributed by atoms with Gasteiger partial charge in [-0.1, -0.05) is 22.0 Å². The Bertz CT molecular complexity index is 1020. The van der Waals surface area contributed by atoms with Gasteiger partial charge in [-0.05, 0) is 54.9 Å². The average Bonchev–Trinajstić information content (AvgIpc) is 3.10. The third kappa shape index (κ3) is 3.97. The first-order valence-electron chi connectivity index (χ1n) is 9.29. The number of halogens is 1. The maximum absolute atomic E-state index is 12.9. The monoisotopic (exact) mass is 442 g/mol. The normalized spacial score (nSPS) is 15.4. The molecule has 0 fully saturated rings. The third-order valence-electron chi connectivity index (χ3n) is 5.10. The van der Waals surface area contributed by atoms with E-state index in [1.54, 1.807) is 7.11 Å². The lowest BCUT2D eigenvalue weighted by atomic mass is 9.97. The van der Waals surface area contributed by atoms with Gasteiger partial charge in [0, 0.05) is 30.2 Å². The van der Waals surface area contributed by atoms with Crippen LogP contribution in [-0.2, 0) is 17.7 Å². The Balaban J connectivity index is 1.56. The summed E-state index contributed by atoms with van der Waals surface area (Å²) < 4.78 is 6.30. The standard InChI is InChI=1S/C21H23BrN4O2/c1-26-8-7-13-9-14(3-4-15(13)11-26)21(27)25-19(12-28-2)20-23-17-6-5-16(22)10-18(17)24-20/h3-6,9-10,19H,7-8,11-12H2,1-2H3,(H,23,24)(H,25,27). The summed E-state index contributed by atoms with van der Waals surface area (Å²) in [6.45, 7) is 2.28. The molecule has 4 rings (SSSR count). The summed E-state index contributed by atoms with van der Waals surface area (Å²) in [6, 6.07) is 11.5. The number of nitrogens with zero attached hydrogens (tertiary/aromatic N) is 2. The molecule has 0 saturated heterocycles. The molecule has 1 aliphatic heterocycles. The molecule has 0 radical (unpaired) electrons. The van der Waals surface area contributed by atoms with Crippen LogP contribution in [0.15, 0.2) is 40.9 Å². The molecule has 0 bridgehead atoms. The number of likely N-dealkylation sites (N-methyl/N-ethyl adjacent to an activating group) is 1. The summed E-state index contributed by atoms with van der Waals surface area (Å²) in [4.78, 5) is 23.1. The highest BCUT2D eigenvalue weighted by atomic mass is 79.9. The number of carbonyl (C=O) groups excluding carboxylic acids is 1. The summed E-state index contributed by atoms with van der Waals surface area (Å²) in [6.07, 6.45) is 0.965. The van der Waals surface area contributed by atoms with Crippen LogP contribution in [0.1, 0.15) is 33.4 Å². The van der Waals surface area contributed by atoms with Crippen molar-refractivity contribution in [3.8, 4) is 0 Å². The van der Waals surface area contributed by atoms with Crippen molar-refractivity contribution in [2.75, 3.05) is 27.3 Å². The Labute approximate surface area is 172 Å². The number of fused-ring (bicyclic) bond motifs is 2. The smallest absolute Gasteiger partial charge is 0.251 e. The van der Waals surface area contributed by atoms with Crippen molar-refractivity contribution in [3.05, 3.63) is 63.4 Å². The molecule has 0 aliphatic carbocycles. The number of ether oxygens (including phenoxy) is 1. The van der Waals surface area contributed by atoms with E-state index in [-0.39, 0.29) is 11.9 Å². The van der Waals surface area contributed by atoms with Crippen molar-refractivity contribution >= 4 is 32.9 Å². The van der Waals surface area contributed by atoms with Crippen LogP contribution in [0.5, 0.6) is 0 Å². The van der Waals surface area contributed by atoms with Crippen LogP contribution >= 0.6 is 15.9 Å². The van der Waals surface area contributed by atoms with E-state index in [1.165, 1.54) is 11.1 Å². The Morgan fingerprint density at radius 2 is 2.18 bits per heavy atom. The van der Waals surface area contributed by atoms with E-state index in [4.69, 9.17) is 4.74 Å². The molecule has 146 valence electrons. The molecule has 0 spiro atoms. The van der Waals surface area contributed by atoms with Crippen molar-refractivity contribution in [1.82, 2.24) is 20.2 Å². The van der Waals surface area contributed by atoms with Crippen LogP contribution in [0.2, 0.25) is 0 Å². The van der Waals surface area contributed by atoms with Crippen LogP contribution in [0, 0.1) is 0 Å². The SMILES string of the molecule is COCC(NC(=O)c1ccc2c(c1)CCN(C)C2)c1nc2ccc(Br)cc2[nH]1. The Kier molecular flexibility index (Phi) is 5.48. The number of nitrogens with one attached hydrogen (secondary N) is 2. The van der Waals surface area contributed by atoms with Crippen molar-refractivity contribution in [1.29, 1.82) is 0 Å². The molecule has 2 N–H and O–H groups in total. The van der Waals surface area contributed by atoms with Crippen molar-refractivity contribution in [3.63, 3.8) is 0 Å². The molecule has 0 saturated carbocycles. The quantitative estimate of drug-likeness (QED) is 0.634. The first-order chi connectivity index (χ1) is 13.5. The summed E-state index contributed by atoms with van der Waals surface area (Å²) in [7, 11) is 3.73. The summed E-state index contributed by atoms with van der Waals surface area (Å²) in [5.41, 5.74) is 4.98. The van der Waals surface area contributed by atoms with E-state index >= 15 is 0 Å². The number of rotatable bonds is 5. The molecule has 3 aromatic rings. The first kappa shape index (κ1) is 19.1. The van der Waals surface area contributed by atoms with E-state index < -0.39 is 0 Å². The fourth-order valence-electron chi connectivity index (χ4n) is 3.60. The van der Waals surface area contributed by atoms with Gasteiger partial charge in [0.05, 0.1) is 17.6 Å². The number of amides is 1. The number of aromatic nitrogens is 2. The fraction of sp³-hybridized carbons (Fsp3) is 0.333. The van der Waals surface area contributed by atoms with Gasteiger partial charge in [0.25, 0.3) is 5.91 Å². The molecular formula is C21H23BrN4O2. The average molecular weight is 443 g/mol. The van der Waals surface area contributed by atoms with Gasteiger partial charge in [-0.2, -0.15) is 0 Å². The van der Waals surface area contributed by atoms with Crippen LogP contribution in [-0.4, -0.2) is 48.1 Å². The highest BCUT2D eigenvalue weighted by Crippen LogP contribution is 2.22. The molecule has 6 nitrogen and oxygen atoms in total. The zero-order chi connectivity index (χ0) is 19.7. The third-order valence-corrected chi connectivity index (χ3v) is 5.60. The molecule has 7 heteroatoms. The summed E-state index contributed by atoms with van der Waals surface area (Å²) >= 11 is 3.47. The second-order valence-electron chi connectivity index (χ2n) is 7.24. The molecule has 1 atom stereocenters. The predicted octanol–water partition coefficient (Wildman–Crippen LogP) is 3.43. The second kappa shape index (κ2) is 8.03. The highest BCUT2D eigenvalue weighted by molar-refractivity contribution is 9.10. The van der Waals surface area contributed by atoms with Gasteiger partial charge in [0.2, 0.25) is 0 Å². The number of imidazole rings is 1. The topological polar surface area (TPSA) is 70.2 Å². The van der Waals surface area contributed by atoms with Crippen molar-refractivity contribution in [2.24, 2.45) is 0 Å². The van der Waals surface area contributed by atoms with E-state index in [0.29, 0.717) is 18.0 Å². The maximum Gasteiger partial charge on any atom is 0.251 e. The number of carbonyl (C=O) groups is 1. The van der Waals surface area contributed by atoms with Gasteiger partial charge in [0.15, 0.2) is 0 Å². The first-order valence-corrected chi connectivity index (χ1v) is 10.1. The van der Waals surface area contributed by atoms with Gasteiger partial charge >= 0.3 is 0 Å². The molecule has 1 unspecified atom stereocenters. The number of methoxy groups -OCH3 is 1. The van der Waals surface area contributed by atoms with E-state index in [2.05, 4.69) is 49.2 Å². The van der Waals surface area contributed by atoms with E-state index in [1.807, 2.05) is 30.3 Å². The molecule has 2 aromatic carbocycles. The van der Waals surface area contributed by atoms with Gasteiger partial charge < -0.3 is 19.9 Å². The van der Waals surface area contributed by atoms with Gasteiger partial charge in [-0.15, -0.1) is 0 Å². The van der Waals surface area contributed by atoms with Gasteiger partial charge in [-0.3, -0.25) is 4.79 Å². The lowest BCUT2D eigenvalue weighted by Gasteiger charge is -2.25. The molecule has 1 amide bonds. The van der Waals surface area contributed by atoms with Gasteiger partial charge in [0.1, 0.15) is 11.9 Å². The molecule has 1 aliphatic rings. The minimum absolute atomic E-state index is 0.120. The van der Waals surface area contributed by atoms with Crippen LogP contribution in [0.25, 0.3) is 11.0 Å². The Hall–Kier alpha value is -2.22. The minimum atomic E-state index is -0.356. The fourth-order valence-corrected chi connectivity index (χ4v) is 3.96. The lowest BCUT2D eigenvalue weighted by Crippen LogP contribution is -2.32. The van der Waals surface area contributed by atoms with Crippen LogP contribution < -0.4 is 5.32 Å². The molecule has 2 heterocycles. The zero-order valence-electron chi connectivity index (χ0n) is 16.0. The maximum atomic E-state index is 12.9. The minimum Gasteiger partial charge on any atom is -0.382 e. The van der Waals surface area contributed by atoms with Crippen LogP contribution in [0.3, 0.4) is 0 Å². The lowest BCUT2D eigenvalue weighted by molar-refractivity contribution is 0.0892.